The molecule has 5 rings (SSSR count). The van der Waals surface area contributed by atoms with Gasteiger partial charge in [-0.05, 0) is 44.0 Å². The number of hydrogen-bond donors (Lipinski definition) is 0. The summed E-state index contributed by atoms with van der Waals surface area (Å²) in [7, 11) is 0. The first-order chi connectivity index (χ1) is 16.2. The number of anilines is 1. The lowest BCUT2D eigenvalue weighted by atomic mass is 10.1. The monoisotopic (exact) mass is 444 g/mol. The summed E-state index contributed by atoms with van der Waals surface area (Å²) in [5.74, 6) is 1.45. The Balaban J connectivity index is 1.36. The number of nitrogens with zero attached hydrogens (tertiary/aromatic N) is 4. The highest BCUT2D eigenvalue weighted by Crippen LogP contribution is 2.29. The Hall–Kier alpha value is -3.94. The summed E-state index contributed by atoms with van der Waals surface area (Å²) < 4.78 is 16.5. The van der Waals surface area contributed by atoms with E-state index in [0.717, 1.165) is 42.4 Å². The van der Waals surface area contributed by atoms with Crippen LogP contribution in [0.2, 0.25) is 0 Å². The van der Waals surface area contributed by atoms with Gasteiger partial charge in [0.2, 0.25) is 5.82 Å². The Morgan fingerprint density at radius 3 is 2.70 bits per heavy atom. The Labute approximate surface area is 191 Å². The molecule has 3 heterocycles. The number of aromatic nitrogens is 3. The van der Waals surface area contributed by atoms with Crippen molar-refractivity contribution < 1.29 is 18.8 Å². The van der Waals surface area contributed by atoms with E-state index in [0.29, 0.717) is 29.6 Å². The Kier molecular flexibility index (Phi) is 5.89. The highest BCUT2D eigenvalue weighted by Gasteiger charge is 2.24. The number of hydrogen-bond acceptors (Lipinski definition) is 8. The van der Waals surface area contributed by atoms with Gasteiger partial charge in [0.25, 0.3) is 5.89 Å². The van der Waals surface area contributed by atoms with E-state index >= 15 is 0 Å². The lowest BCUT2D eigenvalue weighted by molar-refractivity contribution is 0.0430. The second-order valence-corrected chi connectivity index (χ2v) is 7.76. The lowest BCUT2D eigenvalue weighted by Crippen LogP contribution is -2.23. The van der Waals surface area contributed by atoms with Crippen LogP contribution in [0.5, 0.6) is 5.75 Å². The van der Waals surface area contributed by atoms with Crippen molar-refractivity contribution in [3.63, 3.8) is 0 Å². The van der Waals surface area contributed by atoms with E-state index in [4.69, 9.17) is 19.0 Å². The zero-order valence-electron chi connectivity index (χ0n) is 18.4. The normalized spacial score (nSPS) is 13.4. The van der Waals surface area contributed by atoms with Crippen LogP contribution >= 0.6 is 0 Å². The highest BCUT2D eigenvalue weighted by molar-refractivity contribution is 5.99. The fraction of sp³-hybridized carbons (Fsp3) is 0.280. The molecule has 0 N–H and O–H groups in total. The predicted molar refractivity (Wildman–Crippen MR) is 123 cm³/mol. The van der Waals surface area contributed by atoms with Crippen LogP contribution in [0.15, 0.2) is 59.1 Å². The SMILES string of the molecule is CCOc1ccccc1-c1noc(COC(=O)c2cc3ccccc3nc2N2CCCC2)n1. The number of fused-ring (bicyclic) bond motifs is 1. The molecule has 0 amide bonds. The molecule has 168 valence electrons. The van der Waals surface area contributed by atoms with Crippen molar-refractivity contribution in [1.29, 1.82) is 0 Å². The van der Waals surface area contributed by atoms with Gasteiger partial charge < -0.3 is 18.9 Å². The zero-order valence-corrected chi connectivity index (χ0v) is 18.4. The van der Waals surface area contributed by atoms with E-state index in [2.05, 4.69) is 15.0 Å². The third-order valence-electron chi connectivity index (χ3n) is 5.55. The second kappa shape index (κ2) is 9.28. The molecule has 33 heavy (non-hydrogen) atoms. The minimum atomic E-state index is -0.468. The van der Waals surface area contributed by atoms with Gasteiger partial charge in [0.05, 0.1) is 17.7 Å². The number of ether oxygens (including phenoxy) is 2. The van der Waals surface area contributed by atoms with Crippen molar-refractivity contribution in [2.45, 2.75) is 26.4 Å². The van der Waals surface area contributed by atoms with Gasteiger partial charge in [-0.15, -0.1) is 0 Å². The van der Waals surface area contributed by atoms with Gasteiger partial charge in [-0.3, -0.25) is 0 Å². The third kappa shape index (κ3) is 4.37. The number of pyridine rings is 1. The number of rotatable bonds is 7. The van der Waals surface area contributed by atoms with Crippen LogP contribution in [-0.4, -0.2) is 40.8 Å². The molecular weight excluding hydrogens is 420 g/mol. The smallest absolute Gasteiger partial charge is 0.342 e. The van der Waals surface area contributed by atoms with Crippen LogP contribution in [0.3, 0.4) is 0 Å². The van der Waals surface area contributed by atoms with E-state index < -0.39 is 5.97 Å². The van der Waals surface area contributed by atoms with Gasteiger partial charge >= 0.3 is 5.97 Å². The van der Waals surface area contributed by atoms with Crippen molar-refractivity contribution in [3.8, 4) is 17.1 Å². The molecule has 1 fully saturated rings. The Morgan fingerprint density at radius 1 is 1.06 bits per heavy atom. The molecule has 0 aliphatic carbocycles. The molecule has 2 aromatic carbocycles. The minimum absolute atomic E-state index is 0.130. The minimum Gasteiger partial charge on any atom is -0.493 e. The number of carbonyl (C=O) groups is 1. The van der Waals surface area contributed by atoms with E-state index in [9.17, 15) is 4.79 Å². The van der Waals surface area contributed by atoms with Crippen LogP contribution in [-0.2, 0) is 11.3 Å². The van der Waals surface area contributed by atoms with Gasteiger partial charge in [-0.2, -0.15) is 4.98 Å². The van der Waals surface area contributed by atoms with Crippen molar-refractivity contribution in [2.75, 3.05) is 24.6 Å². The van der Waals surface area contributed by atoms with Gasteiger partial charge in [0.15, 0.2) is 6.61 Å². The standard InChI is InChI=1S/C25H24N4O4/c1-2-31-21-12-6-4-10-18(21)23-27-22(33-28-23)16-32-25(30)19-15-17-9-3-5-11-20(17)26-24(19)29-13-7-8-14-29/h3-6,9-12,15H,2,7-8,13-14,16H2,1H3. The molecule has 0 spiro atoms. The molecule has 1 aliphatic heterocycles. The van der Waals surface area contributed by atoms with E-state index in [1.165, 1.54) is 0 Å². The number of carbonyl (C=O) groups excluding carboxylic acids is 1. The topological polar surface area (TPSA) is 90.6 Å². The average molecular weight is 444 g/mol. The highest BCUT2D eigenvalue weighted by atomic mass is 16.6. The molecular formula is C25H24N4O4. The maximum atomic E-state index is 13.1. The Bertz CT molecular complexity index is 1280. The largest absolute Gasteiger partial charge is 0.493 e. The quantitative estimate of drug-likeness (QED) is 0.381. The maximum Gasteiger partial charge on any atom is 0.342 e. The van der Waals surface area contributed by atoms with Crippen LogP contribution in [0.1, 0.15) is 36.0 Å². The van der Waals surface area contributed by atoms with Crippen LogP contribution < -0.4 is 9.64 Å². The third-order valence-corrected chi connectivity index (χ3v) is 5.55. The van der Waals surface area contributed by atoms with Gasteiger partial charge in [-0.25, -0.2) is 9.78 Å². The average Bonchev–Trinajstić information content (AvgIpc) is 3.55. The van der Waals surface area contributed by atoms with Crippen molar-refractivity contribution >= 4 is 22.7 Å². The molecule has 0 unspecified atom stereocenters. The van der Waals surface area contributed by atoms with Crippen LogP contribution in [0.25, 0.3) is 22.3 Å². The van der Waals surface area contributed by atoms with Gasteiger partial charge in [0.1, 0.15) is 17.1 Å². The first-order valence-electron chi connectivity index (χ1n) is 11.1. The number of esters is 1. The first-order valence-corrected chi connectivity index (χ1v) is 11.1. The molecule has 0 saturated carbocycles. The Morgan fingerprint density at radius 2 is 1.85 bits per heavy atom. The fourth-order valence-corrected chi connectivity index (χ4v) is 3.99. The van der Waals surface area contributed by atoms with Gasteiger partial charge in [0, 0.05) is 18.5 Å². The fourth-order valence-electron chi connectivity index (χ4n) is 3.99. The van der Waals surface area contributed by atoms with Crippen LogP contribution in [0.4, 0.5) is 5.82 Å². The van der Waals surface area contributed by atoms with Crippen LogP contribution in [0, 0.1) is 0 Å². The number of para-hydroxylation sites is 2. The lowest BCUT2D eigenvalue weighted by Gasteiger charge is -2.20. The summed E-state index contributed by atoms with van der Waals surface area (Å²) in [6.45, 7) is 4.05. The van der Waals surface area contributed by atoms with Crippen molar-refractivity contribution in [1.82, 2.24) is 15.1 Å². The summed E-state index contributed by atoms with van der Waals surface area (Å²) in [5.41, 5.74) is 2.01. The molecule has 0 bridgehead atoms. The van der Waals surface area contributed by atoms with Crippen molar-refractivity contribution in [2.24, 2.45) is 0 Å². The van der Waals surface area contributed by atoms with E-state index in [1.807, 2.05) is 61.5 Å². The summed E-state index contributed by atoms with van der Waals surface area (Å²) >= 11 is 0. The van der Waals surface area contributed by atoms with E-state index in [1.54, 1.807) is 0 Å². The second-order valence-electron chi connectivity index (χ2n) is 7.76. The van der Waals surface area contributed by atoms with Crippen molar-refractivity contribution in [3.05, 3.63) is 66.1 Å². The molecule has 2 aromatic heterocycles. The number of benzene rings is 2. The summed E-state index contributed by atoms with van der Waals surface area (Å²) in [4.78, 5) is 24.3. The maximum absolute atomic E-state index is 13.1. The molecule has 8 nitrogen and oxygen atoms in total. The van der Waals surface area contributed by atoms with E-state index in [-0.39, 0.29) is 12.5 Å². The molecule has 0 radical (unpaired) electrons. The summed E-state index contributed by atoms with van der Waals surface area (Å²) in [5, 5.41) is 4.91. The summed E-state index contributed by atoms with van der Waals surface area (Å²) in [6, 6.07) is 17.1. The first kappa shape index (κ1) is 20.9. The molecule has 8 heteroatoms. The van der Waals surface area contributed by atoms with Gasteiger partial charge in [-0.1, -0.05) is 35.5 Å². The molecule has 1 aliphatic rings. The zero-order chi connectivity index (χ0) is 22.6. The molecule has 0 atom stereocenters. The molecule has 4 aromatic rings. The summed E-state index contributed by atoms with van der Waals surface area (Å²) in [6.07, 6.45) is 2.16. The molecule has 1 saturated heterocycles. The predicted octanol–water partition coefficient (Wildman–Crippen LogP) is 4.64.